The molecule has 4 fully saturated rings. The standard InChI is InChI=1S/C16H22N6.4C4H8O.3CHF3O3S.Y/c1-10-7-13(4)20(17-10)16(21-14(5)8-11(2)18-21)22-15(6)9-12(3)19-22;4*1-2-4-5-3-1;3*2-1(3,4)8(5,6)7;/h7-9,16H,1-6H3;4*1-4H2;3*(H,5,6,7);/q;;;;;;;;+3/p-3. The van der Waals surface area contributed by atoms with E-state index in [0.29, 0.717) is 0 Å². The van der Waals surface area contributed by atoms with Gasteiger partial charge in [-0.25, -0.2) is 39.3 Å². The topological polar surface area (TPSA) is 262 Å². The van der Waals surface area contributed by atoms with Crippen molar-refractivity contribution in [3.63, 3.8) is 0 Å². The molecule has 3 aromatic heterocycles. The number of ether oxygens (including phenoxy) is 4. The van der Waals surface area contributed by atoms with Crippen molar-refractivity contribution < 1.29 is 130 Å². The van der Waals surface area contributed by atoms with Gasteiger partial charge in [0.25, 0.3) is 0 Å². The molecule has 7 rings (SSSR count). The van der Waals surface area contributed by atoms with Gasteiger partial charge < -0.3 is 32.6 Å². The van der Waals surface area contributed by atoms with Gasteiger partial charge in [-0.1, -0.05) is 0 Å². The van der Waals surface area contributed by atoms with E-state index in [2.05, 4.69) is 54.3 Å². The van der Waals surface area contributed by atoms with Gasteiger partial charge in [0.1, 0.15) is 0 Å². The molecule has 0 unspecified atom stereocenters. The first-order chi connectivity index (χ1) is 30.1. The monoisotopic (exact) mass is 1120 g/mol. The van der Waals surface area contributed by atoms with Crippen molar-refractivity contribution in [2.24, 2.45) is 0 Å². The summed E-state index contributed by atoms with van der Waals surface area (Å²) in [6.07, 6.45) is 10.00. The Hall–Kier alpha value is -2.33. The van der Waals surface area contributed by atoms with Crippen LogP contribution in [0.1, 0.15) is 91.8 Å². The molecule has 19 nitrogen and oxygen atoms in total. The summed E-state index contributed by atoms with van der Waals surface area (Å²) in [5.41, 5.74) is -10.7. The minimum atomic E-state index is -6.09. The average Bonchev–Trinajstić information content (AvgIpc) is 4.03. The predicted octanol–water partition coefficient (Wildman–Crippen LogP) is 6.02. The van der Waals surface area contributed by atoms with Crippen LogP contribution >= 0.6 is 0 Å². The number of aryl methyl sites for hydroxylation is 6. The first-order valence-corrected chi connectivity index (χ1v) is 23.8. The Morgan fingerprint density at radius 3 is 0.657 bits per heavy atom. The second-order valence-electron chi connectivity index (χ2n) is 13.9. The van der Waals surface area contributed by atoms with E-state index in [1.807, 2.05) is 34.8 Å². The fourth-order valence-corrected chi connectivity index (χ4v) is 4.99. The van der Waals surface area contributed by atoms with Gasteiger partial charge in [-0.2, -0.15) is 54.8 Å². The number of hydrogen-bond donors (Lipinski definition) is 0. The van der Waals surface area contributed by atoms with Crippen LogP contribution in [0.2, 0.25) is 0 Å². The maximum absolute atomic E-state index is 10.7. The molecule has 3 aromatic rings. The van der Waals surface area contributed by atoms with Gasteiger partial charge in [-0.15, -0.1) is 0 Å². The Balaban J connectivity index is 0. The smallest absolute Gasteiger partial charge is 0.741 e. The van der Waals surface area contributed by atoms with Crippen molar-refractivity contribution >= 4 is 30.4 Å². The summed E-state index contributed by atoms with van der Waals surface area (Å²) in [4.78, 5) is 0. The average molecular weight is 1120 g/mol. The molecular weight excluding hydrogens is 1070 g/mol. The van der Waals surface area contributed by atoms with Crippen molar-refractivity contribution in [1.82, 2.24) is 29.3 Å². The van der Waals surface area contributed by atoms with Crippen LogP contribution in [0.5, 0.6) is 0 Å². The molecule has 4 aliphatic rings. The van der Waals surface area contributed by atoms with Gasteiger partial charge in [-0.05, 0) is 111 Å². The van der Waals surface area contributed by atoms with E-state index in [1.54, 1.807) is 0 Å². The van der Waals surface area contributed by atoms with Crippen LogP contribution in [-0.2, 0) is 82.0 Å². The van der Waals surface area contributed by atoms with E-state index in [-0.39, 0.29) is 39.0 Å². The summed E-state index contributed by atoms with van der Waals surface area (Å²) in [6, 6.07) is 6.22. The molecule has 0 saturated carbocycles. The van der Waals surface area contributed by atoms with Crippen molar-refractivity contribution in [1.29, 1.82) is 0 Å². The molecule has 67 heavy (non-hydrogen) atoms. The fraction of sp³-hybridized carbons (Fsp3) is 0.743. The second-order valence-corrected chi connectivity index (χ2v) is 18.1. The number of aromatic nitrogens is 6. The van der Waals surface area contributed by atoms with E-state index in [1.165, 1.54) is 51.4 Å². The molecule has 386 valence electrons. The van der Waals surface area contributed by atoms with Gasteiger partial charge in [0, 0.05) is 69.9 Å². The van der Waals surface area contributed by atoms with Crippen LogP contribution in [-0.4, -0.2) is 138 Å². The zero-order chi connectivity index (χ0) is 51.2. The predicted molar refractivity (Wildman–Crippen MR) is 212 cm³/mol. The third kappa shape index (κ3) is 28.2. The zero-order valence-corrected chi connectivity index (χ0v) is 42.6. The summed E-state index contributed by atoms with van der Waals surface area (Å²) in [5, 5.41) is 14.0. The first kappa shape index (κ1) is 66.8. The summed E-state index contributed by atoms with van der Waals surface area (Å²) < 4.78 is 202. The molecule has 0 spiro atoms. The van der Waals surface area contributed by atoms with Gasteiger partial charge in [-0.3, -0.25) is 0 Å². The molecule has 0 amide bonds. The van der Waals surface area contributed by atoms with Crippen LogP contribution < -0.4 is 0 Å². The molecule has 0 aromatic carbocycles. The van der Waals surface area contributed by atoms with Gasteiger partial charge in [0.15, 0.2) is 30.4 Å². The number of nitrogens with zero attached hydrogens (tertiary/aromatic N) is 6. The van der Waals surface area contributed by atoms with E-state index in [4.69, 9.17) is 57.9 Å². The first-order valence-electron chi connectivity index (χ1n) is 19.6. The molecule has 4 saturated heterocycles. The van der Waals surface area contributed by atoms with E-state index in [9.17, 15) is 39.5 Å². The minimum absolute atomic E-state index is 0. The molecule has 0 radical (unpaired) electrons. The fourth-order valence-electron chi connectivity index (χ4n) is 4.99. The quantitative estimate of drug-likeness (QED) is 0.165. The minimum Gasteiger partial charge on any atom is -0.741 e. The van der Waals surface area contributed by atoms with Gasteiger partial charge in [0.05, 0.1) is 17.1 Å². The Morgan fingerprint density at radius 2 is 0.582 bits per heavy atom. The van der Waals surface area contributed by atoms with Crippen LogP contribution in [0.3, 0.4) is 0 Å². The molecule has 4 aliphatic heterocycles. The van der Waals surface area contributed by atoms with Gasteiger partial charge in [0.2, 0.25) is 6.29 Å². The Kier molecular flexibility index (Phi) is 31.0. The van der Waals surface area contributed by atoms with E-state index < -0.39 is 46.9 Å². The van der Waals surface area contributed by atoms with Crippen LogP contribution in [0.25, 0.3) is 0 Å². The summed E-state index contributed by atoms with van der Waals surface area (Å²) in [5.74, 6) is 0. The van der Waals surface area contributed by atoms with E-state index >= 15 is 0 Å². The van der Waals surface area contributed by atoms with Crippen molar-refractivity contribution in [3.8, 4) is 0 Å². The summed E-state index contributed by atoms with van der Waals surface area (Å²) in [6.45, 7) is 20.2. The van der Waals surface area contributed by atoms with Crippen LogP contribution in [0.4, 0.5) is 39.5 Å². The van der Waals surface area contributed by atoms with Crippen molar-refractivity contribution in [2.75, 3.05) is 52.9 Å². The van der Waals surface area contributed by atoms with Crippen molar-refractivity contribution in [2.45, 2.75) is 116 Å². The molecule has 0 bridgehead atoms. The molecule has 0 aliphatic carbocycles. The second kappa shape index (κ2) is 31.1. The maximum Gasteiger partial charge on any atom is 3.00 e. The third-order valence-corrected chi connectivity index (χ3v) is 9.65. The molecular formula is C35H54F9N6O13S3Y. The largest absolute Gasteiger partial charge is 3.00 e. The van der Waals surface area contributed by atoms with Gasteiger partial charge >= 0.3 is 49.2 Å². The Morgan fingerprint density at radius 1 is 0.433 bits per heavy atom. The normalized spacial score (nSPS) is 16.0. The number of rotatable bonds is 3. The van der Waals surface area contributed by atoms with Crippen molar-refractivity contribution in [3.05, 3.63) is 52.4 Å². The third-order valence-electron chi connectivity index (χ3n) is 7.95. The number of hydrogen-bond acceptors (Lipinski definition) is 16. The zero-order valence-electron chi connectivity index (χ0n) is 37.3. The maximum atomic E-state index is 10.7. The molecule has 0 N–H and O–H groups in total. The van der Waals surface area contributed by atoms with Crippen LogP contribution in [0, 0.1) is 41.5 Å². The van der Waals surface area contributed by atoms with Crippen LogP contribution in [0.15, 0.2) is 18.2 Å². The molecule has 7 heterocycles. The summed E-state index contributed by atoms with van der Waals surface area (Å²) >= 11 is 0. The van der Waals surface area contributed by atoms with E-state index in [0.717, 1.165) is 87.0 Å². The number of halogens is 9. The summed E-state index contributed by atoms with van der Waals surface area (Å²) in [7, 11) is -18.3. The molecule has 0 atom stereocenters. The Bertz CT molecular complexity index is 1890. The number of alkyl halides is 9. The molecule has 32 heteroatoms. The SMILES string of the molecule is C1CCOC1.C1CCOC1.C1CCOC1.C1CCOC1.Cc1cc(C)n(C(n2nc(C)cc2C)n2nc(C)cc2C)n1.O=S(=O)([O-])C(F)(F)F.O=S(=O)([O-])C(F)(F)F.O=S(=O)([O-])C(F)(F)F.[Y+3]. The Labute approximate surface area is 408 Å².